The van der Waals surface area contributed by atoms with Crippen molar-refractivity contribution in [1.29, 1.82) is 0 Å². The monoisotopic (exact) mass is 361 g/mol. The maximum Gasteiger partial charge on any atom is 0.419 e. The summed E-state index contributed by atoms with van der Waals surface area (Å²) in [7, 11) is 1.65. The summed E-state index contributed by atoms with van der Waals surface area (Å²) in [4.78, 5) is 26.2. The molecule has 4 rings (SSSR count). The van der Waals surface area contributed by atoms with Crippen LogP contribution in [0, 0.1) is 5.41 Å². The van der Waals surface area contributed by atoms with E-state index < -0.39 is 5.76 Å². The Morgan fingerprint density at radius 3 is 2.81 bits per heavy atom. The number of benzene rings is 1. The number of ether oxygens (including phenoxy) is 2. The number of aromatic nitrogens is 1. The van der Waals surface area contributed by atoms with E-state index in [1.165, 1.54) is 4.57 Å². The van der Waals surface area contributed by atoms with Gasteiger partial charge in [0.25, 0.3) is 0 Å². The van der Waals surface area contributed by atoms with Crippen LogP contribution in [0.2, 0.25) is 0 Å². The molecule has 2 aromatic rings. The number of rotatable bonds is 1. The summed E-state index contributed by atoms with van der Waals surface area (Å²) >= 11 is 0. The standard InChI is InChI=1S/C18H23N3O5/c1-20-14-3-2-13(10-15(14)26-17(20)23)19-16(22)21-6-9-25-12-18(11-21)4-7-24-8-5-18/h2-3,10H,4-9,11-12H2,1H3,(H,19,22). The number of nitrogens with zero attached hydrogens (tertiary/aromatic N) is 2. The predicted octanol–water partition coefficient (Wildman–Crippen LogP) is 1.79. The number of carbonyl (C=O) groups is 1. The number of hydrogen-bond acceptors (Lipinski definition) is 5. The van der Waals surface area contributed by atoms with Crippen LogP contribution in [0.25, 0.3) is 11.1 Å². The third kappa shape index (κ3) is 3.22. The third-order valence-electron chi connectivity index (χ3n) is 5.32. The van der Waals surface area contributed by atoms with Crippen LogP contribution in [0.5, 0.6) is 0 Å². The molecule has 0 saturated carbocycles. The Morgan fingerprint density at radius 1 is 1.19 bits per heavy atom. The van der Waals surface area contributed by atoms with Crippen molar-refractivity contribution < 1.29 is 18.7 Å². The minimum absolute atomic E-state index is 0.0255. The van der Waals surface area contributed by atoms with Crippen molar-refractivity contribution in [2.75, 3.05) is 44.8 Å². The third-order valence-corrected chi connectivity index (χ3v) is 5.32. The molecule has 2 saturated heterocycles. The van der Waals surface area contributed by atoms with Gasteiger partial charge in [-0.2, -0.15) is 0 Å². The van der Waals surface area contributed by atoms with Gasteiger partial charge in [-0.15, -0.1) is 0 Å². The fourth-order valence-corrected chi connectivity index (χ4v) is 3.69. The second kappa shape index (κ2) is 6.77. The van der Waals surface area contributed by atoms with E-state index in [4.69, 9.17) is 13.9 Å². The van der Waals surface area contributed by atoms with Crippen LogP contribution in [-0.4, -0.2) is 55.0 Å². The highest BCUT2D eigenvalue weighted by Crippen LogP contribution is 2.33. The summed E-state index contributed by atoms with van der Waals surface area (Å²) in [5.74, 6) is -0.422. The van der Waals surface area contributed by atoms with Gasteiger partial charge in [0.1, 0.15) is 0 Å². The predicted molar refractivity (Wildman–Crippen MR) is 95.4 cm³/mol. The Labute approximate surface area is 150 Å². The van der Waals surface area contributed by atoms with Gasteiger partial charge in [0, 0.05) is 50.5 Å². The average molecular weight is 361 g/mol. The smallest absolute Gasteiger partial charge is 0.408 e. The molecule has 8 heteroatoms. The van der Waals surface area contributed by atoms with Gasteiger partial charge in [-0.05, 0) is 25.0 Å². The van der Waals surface area contributed by atoms with Crippen LogP contribution in [0.3, 0.4) is 0 Å². The van der Waals surface area contributed by atoms with Crippen molar-refractivity contribution in [3.05, 3.63) is 28.7 Å². The fourth-order valence-electron chi connectivity index (χ4n) is 3.69. The van der Waals surface area contributed by atoms with E-state index in [-0.39, 0.29) is 11.4 Å². The van der Waals surface area contributed by atoms with Gasteiger partial charge in [0.05, 0.1) is 18.7 Å². The molecule has 3 heterocycles. The molecule has 0 atom stereocenters. The molecular formula is C18H23N3O5. The highest BCUT2D eigenvalue weighted by Gasteiger charge is 2.38. The molecular weight excluding hydrogens is 338 g/mol. The molecule has 0 aliphatic carbocycles. The Balaban J connectivity index is 1.50. The van der Waals surface area contributed by atoms with Crippen molar-refractivity contribution in [2.24, 2.45) is 12.5 Å². The summed E-state index contributed by atoms with van der Waals surface area (Å²) in [6.45, 7) is 3.83. The van der Waals surface area contributed by atoms with E-state index in [1.54, 1.807) is 25.2 Å². The van der Waals surface area contributed by atoms with E-state index in [9.17, 15) is 9.59 Å². The number of urea groups is 1. The van der Waals surface area contributed by atoms with Gasteiger partial charge in [0.2, 0.25) is 0 Å². The van der Waals surface area contributed by atoms with Crippen LogP contribution in [0.4, 0.5) is 10.5 Å². The molecule has 1 spiro atoms. The van der Waals surface area contributed by atoms with E-state index in [2.05, 4.69) is 5.32 Å². The first-order valence-corrected chi connectivity index (χ1v) is 8.87. The molecule has 8 nitrogen and oxygen atoms in total. The first-order chi connectivity index (χ1) is 12.6. The highest BCUT2D eigenvalue weighted by atomic mass is 16.5. The van der Waals surface area contributed by atoms with Crippen molar-refractivity contribution >= 4 is 22.8 Å². The second-order valence-corrected chi connectivity index (χ2v) is 7.13. The Morgan fingerprint density at radius 2 is 2.00 bits per heavy atom. The van der Waals surface area contributed by atoms with Gasteiger partial charge in [-0.1, -0.05) is 0 Å². The minimum Gasteiger partial charge on any atom is -0.408 e. The van der Waals surface area contributed by atoms with E-state index in [0.717, 1.165) is 12.8 Å². The zero-order valence-electron chi connectivity index (χ0n) is 14.8. The summed E-state index contributed by atoms with van der Waals surface area (Å²) < 4.78 is 17.8. The molecule has 2 amide bonds. The topological polar surface area (TPSA) is 85.9 Å². The average Bonchev–Trinajstić information content (AvgIpc) is 2.80. The number of oxazole rings is 1. The van der Waals surface area contributed by atoms with E-state index >= 15 is 0 Å². The summed E-state index contributed by atoms with van der Waals surface area (Å²) in [5.41, 5.74) is 1.72. The molecule has 1 aromatic heterocycles. The number of hydrogen-bond donors (Lipinski definition) is 1. The summed E-state index contributed by atoms with van der Waals surface area (Å²) in [6, 6.07) is 5.04. The molecule has 2 aliphatic heterocycles. The molecule has 26 heavy (non-hydrogen) atoms. The van der Waals surface area contributed by atoms with Crippen LogP contribution in [0.15, 0.2) is 27.4 Å². The van der Waals surface area contributed by atoms with Crippen LogP contribution in [-0.2, 0) is 16.5 Å². The number of anilines is 1. The summed E-state index contributed by atoms with van der Waals surface area (Å²) in [5, 5.41) is 2.91. The minimum atomic E-state index is -0.422. The molecule has 140 valence electrons. The van der Waals surface area contributed by atoms with Gasteiger partial charge in [-0.25, -0.2) is 9.59 Å². The second-order valence-electron chi connectivity index (χ2n) is 7.13. The lowest BCUT2D eigenvalue weighted by Gasteiger charge is -2.38. The van der Waals surface area contributed by atoms with Crippen molar-refractivity contribution in [2.45, 2.75) is 12.8 Å². The largest absolute Gasteiger partial charge is 0.419 e. The summed E-state index contributed by atoms with van der Waals surface area (Å²) in [6.07, 6.45) is 1.80. The molecule has 2 aliphatic rings. The number of fused-ring (bicyclic) bond motifs is 1. The first-order valence-electron chi connectivity index (χ1n) is 8.87. The maximum atomic E-state index is 12.8. The lowest BCUT2D eigenvalue weighted by Crippen LogP contribution is -2.46. The highest BCUT2D eigenvalue weighted by molar-refractivity contribution is 5.91. The number of carbonyl (C=O) groups excluding carboxylic acids is 1. The van der Waals surface area contributed by atoms with Crippen molar-refractivity contribution in [1.82, 2.24) is 9.47 Å². The first kappa shape index (κ1) is 17.1. The SMILES string of the molecule is Cn1c(=O)oc2cc(NC(=O)N3CCOCC4(CCOCC4)C3)ccc21. The zero-order valence-corrected chi connectivity index (χ0v) is 14.8. The van der Waals surface area contributed by atoms with Crippen molar-refractivity contribution in [3.8, 4) is 0 Å². The number of amides is 2. The van der Waals surface area contributed by atoms with Crippen LogP contribution in [0.1, 0.15) is 12.8 Å². The van der Waals surface area contributed by atoms with Gasteiger partial charge >= 0.3 is 11.8 Å². The Bertz CT molecular complexity index is 865. The number of aryl methyl sites for hydroxylation is 1. The normalized spacial score (nSPS) is 20.3. The zero-order chi connectivity index (χ0) is 18.1. The van der Waals surface area contributed by atoms with Gasteiger partial charge in [0.15, 0.2) is 5.58 Å². The fraction of sp³-hybridized carbons (Fsp3) is 0.556. The molecule has 1 aromatic carbocycles. The number of nitrogens with one attached hydrogen (secondary N) is 1. The molecule has 0 radical (unpaired) electrons. The molecule has 1 N–H and O–H groups in total. The van der Waals surface area contributed by atoms with Gasteiger partial charge < -0.3 is 24.1 Å². The molecule has 0 unspecified atom stereocenters. The van der Waals surface area contributed by atoms with Gasteiger partial charge in [-0.3, -0.25) is 4.57 Å². The quantitative estimate of drug-likeness (QED) is 0.837. The van der Waals surface area contributed by atoms with Crippen LogP contribution < -0.4 is 11.1 Å². The lowest BCUT2D eigenvalue weighted by atomic mass is 9.80. The lowest BCUT2D eigenvalue weighted by molar-refractivity contribution is -0.0292. The Hall–Kier alpha value is -2.32. The Kier molecular flexibility index (Phi) is 4.46. The maximum absolute atomic E-state index is 12.8. The molecule has 2 fully saturated rings. The van der Waals surface area contributed by atoms with E-state index in [1.807, 2.05) is 4.90 Å². The molecule has 0 bridgehead atoms. The van der Waals surface area contributed by atoms with E-state index in [0.29, 0.717) is 56.3 Å². The van der Waals surface area contributed by atoms with Crippen molar-refractivity contribution in [3.63, 3.8) is 0 Å². The van der Waals surface area contributed by atoms with Crippen LogP contribution >= 0.6 is 0 Å².